The number of rotatable bonds is 4. The van der Waals surface area contributed by atoms with E-state index in [1.807, 2.05) is 0 Å². The molecule has 0 saturated carbocycles. The summed E-state index contributed by atoms with van der Waals surface area (Å²) in [6.45, 7) is 1.46. The molecule has 1 aromatic carbocycles. The van der Waals surface area contributed by atoms with Crippen molar-refractivity contribution in [1.29, 1.82) is 0 Å². The molecule has 1 heterocycles. The molecule has 0 aliphatic rings. The fraction of sp³-hybridized carbons (Fsp3) is 0.0833. The van der Waals surface area contributed by atoms with Crippen molar-refractivity contribution in [1.82, 2.24) is 10.2 Å². The number of anilines is 1. The Balaban J connectivity index is 2.26. The van der Waals surface area contributed by atoms with Crippen LogP contribution in [-0.2, 0) is 0 Å². The normalized spacial score (nSPS) is 10.1. The minimum absolute atomic E-state index is 0.0170. The third-order valence-electron chi connectivity index (χ3n) is 2.80. The van der Waals surface area contributed by atoms with Crippen LogP contribution in [0.4, 0.5) is 11.5 Å². The molecule has 0 aliphatic heterocycles. The van der Waals surface area contributed by atoms with Gasteiger partial charge in [-0.25, -0.2) is 4.79 Å². The number of aromatic amines is 1. The number of nitro benzene ring substituents is 1. The number of benzene rings is 1. The Kier molecular flexibility index (Phi) is 3.65. The van der Waals surface area contributed by atoms with Crippen LogP contribution in [0.1, 0.15) is 26.4 Å². The van der Waals surface area contributed by atoms with E-state index in [4.69, 9.17) is 5.11 Å². The summed E-state index contributed by atoms with van der Waals surface area (Å²) >= 11 is 0. The maximum absolute atomic E-state index is 12.1. The quantitative estimate of drug-likeness (QED) is 0.577. The Morgan fingerprint density at radius 2 is 2.14 bits per heavy atom. The zero-order valence-electron chi connectivity index (χ0n) is 10.8. The van der Waals surface area contributed by atoms with Gasteiger partial charge in [0.05, 0.1) is 4.92 Å². The summed E-state index contributed by atoms with van der Waals surface area (Å²) in [6.07, 6.45) is 0. The number of carbonyl (C=O) groups excluding carboxylic acids is 1. The summed E-state index contributed by atoms with van der Waals surface area (Å²) in [7, 11) is 0. The predicted octanol–water partition coefficient (Wildman–Crippen LogP) is 1.58. The Morgan fingerprint density at radius 1 is 1.43 bits per heavy atom. The fourth-order valence-corrected chi connectivity index (χ4v) is 1.75. The molecule has 9 heteroatoms. The van der Waals surface area contributed by atoms with Gasteiger partial charge in [0.25, 0.3) is 11.6 Å². The summed E-state index contributed by atoms with van der Waals surface area (Å²) in [6, 6.07) is 5.27. The summed E-state index contributed by atoms with van der Waals surface area (Å²) < 4.78 is 0. The van der Waals surface area contributed by atoms with Gasteiger partial charge in [0, 0.05) is 23.3 Å². The first-order valence-corrected chi connectivity index (χ1v) is 5.74. The molecule has 2 rings (SSSR count). The van der Waals surface area contributed by atoms with E-state index in [0.717, 1.165) is 6.07 Å². The van der Waals surface area contributed by atoms with Crippen molar-refractivity contribution in [3.05, 3.63) is 51.2 Å². The predicted molar refractivity (Wildman–Crippen MR) is 71.3 cm³/mol. The number of hydrogen-bond donors (Lipinski definition) is 3. The third kappa shape index (κ3) is 2.86. The summed E-state index contributed by atoms with van der Waals surface area (Å²) in [5.74, 6) is -1.81. The maximum atomic E-state index is 12.1. The highest BCUT2D eigenvalue weighted by Gasteiger charge is 2.19. The average Bonchev–Trinajstić information content (AvgIpc) is 2.87. The van der Waals surface area contributed by atoms with Gasteiger partial charge in [0.15, 0.2) is 5.82 Å². The molecule has 1 aromatic heterocycles. The van der Waals surface area contributed by atoms with Crippen molar-refractivity contribution in [3.63, 3.8) is 0 Å². The molecule has 2 aromatic rings. The number of nitrogens with one attached hydrogen (secondary N) is 2. The highest BCUT2D eigenvalue weighted by molar-refractivity contribution is 6.05. The first-order valence-electron chi connectivity index (χ1n) is 5.74. The standard InChI is InChI=1S/C12H10N4O5/c1-6-7(3-2-4-9(6)16(20)21)11(17)13-10-5-8(12(18)19)14-15-10/h2-5H,1H3,(H,18,19)(H2,13,14,15,17). The monoisotopic (exact) mass is 290 g/mol. The molecule has 21 heavy (non-hydrogen) atoms. The smallest absolute Gasteiger partial charge is 0.353 e. The van der Waals surface area contributed by atoms with E-state index in [1.54, 1.807) is 0 Å². The van der Waals surface area contributed by atoms with Gasteiger partial charge in [-0.2, -0.15) is 5.10 Å². The number of hydrogen-bond acceptors (Lipinski definition) is 5. The van der Waals surface area contributed by atoms with Crippen LogP contribution in [0.3, 0.4) is 0 Å². The second kappa shape index (κ2) is 5.41. The SMILES string of the molecule is Cc1c(C(=O)Nc2cc(C(=O)O)[nH]n2)cccc1[N+](=O)[O-]. The number of carboxylic acid groups (broad SMARTS) is 1. The number of amides is 1. The Labute approximate surface area is 117 Å². The largest absolute Gasteiger partial charge is 0.477 e. The van der Waals surface area contributed by atoms with E-state index in [9.17, 15) is 19.7 Å². The Hall–Kier alpha value is -3.23. The molecule has 0 fully saturated rings. The maximum Gasteiger partial charge on any atom is 0.353 e. The molecule has 9 nitrogen and oxygen atoms in total. The van der Waals surface area contributed by atoms with E-state index < -0.39 is 16.8 Å². The second-order valence-corrected chi connectivity index (χ2v) is 4.13. The van der Waals surface area contributed by atoms with E-state index in [0.29, 0.717) is 0 Å². The zero-order valence-corrected chi connectivity index (χ0v) is 10.8. The summed E-state index contributed by atoms with van der Waals surface area (Å²) in [5, 5.41) is 27.8. The third-order valence-corrected chi connectivity index (χ3v) is 2.80. The zero-order chi connectivity index (χ0) is 15.6. The van der Waals surface area contributed by atoms with Crippen molar-refractivity contribution < 1.29 is 19.6 Å². The van der Waals surface area contributed by atoms with E-state index >= 15 is 0 Å². The molecule has 0 radical (unpaired) electrons. The van der Waals surface area contributed by atoms with E-state index in [2.05, 4.69) is 15.5 Å². The minimum atomic E-state index is -1.21. The number of carboxylic acids is 1. The van der Waals surface area contributed by atoms with Gasteiger partial charge in [-0.15, -0.1) is 0 Å². The van der Waals surface area contributed by atoms with Crippen LogP contribution in [0, 0.1) is 17.0 Å². The van der Waals surface area contributed by atoms with Crippen LogP contribution in [0.25, 0.3) is 0 Å². The number of H-pyrrole nitrogens is 1. The number of carbonyl (C=O) groups is 2. The summed E-state index contributed by atoms with van der Waals surface area (Å²) in [4.78, 5) is 33.0. The first-order chi connectivity index (χ1) is 9.90. The molecule has 3 N–H and O–H groups in total. The van der Waals surface area contributed by atoms with Gasteiger partial charge in [-0.1, -0.05) is 6.07 Å². The summed E-state index contributed by atoms with van der Waals surface area (Å²) in [5.41, 5.74) is -0.0185. The Bertz CT molecular complexity index is 737. The molecule has 108 valence electrons. The van der Waals surface area contributed by atoms with Crippen LogP contribution in [0.2, 0.25) is 0 Å². The molecule has 1 amide bonds. The molecule has 0 saturated heterocycles. The lowest BCUT2D eigenvalue weighted by molar-refractivity contribution is -0.385. The van der Waals surface area contributed by atoms with Crippen molar-refractivity contribution in [2.45, 2.75) is 6.92 Å². The van der Waals surface area contributed by atoms with E-state index in [1.165, 1.54) is 25.1 Å². The van der Waals surface area contributed by atoms with Gasteiger partial charge >= 0.3 is 5.97 Å². The average molecular weight is 290 g/mol. The van der Waals surface area contributed by atoms with Gasteiger partial charge in [-0.05, 0) is 13.0 Å². The van der Waals surface area contributed by atoms with Gasteiger partial charge in [0.1, 0.15) is 5.69 Å². The highest BCUT2D eigenvalue weighted by Crippen LogP contribution is 2.21. The van der Waals surface area contributed by atoms with Crippen molar-refractivity contribution in [3.8, 4) is 0 Å². The number of nitro groups is 1. The molecular weight excluding hydrogens is 280 g/mol. The molecule has 0 spiro atoms. The van der Waals surface area contributed by atoms with Crippen LogP contribution >= 0.6 is 0 Å². The van der Waals surface area contributed by atoms with Crippen LogP contribution < -0.4 is 5.32 Å². The van der Waals surface area contributed by atoms with Crippen LogP contribution in [0.5, 0.6) is 0 Å². The molecule has 0 aliphatic carbocycles. The van der Waals surface area contributed by atoms with E-state index in [-0.39, 0.29) is 28.3 Å². The van der Waals surface area contributed by atoms with Gasteiger partial charge in [0.2, 0.25) is 0 Å². The van der Waals surface area contributed by atoms with Crippen LogP contribution in [0.15, 0.2) is 24.3 Å². The first kappa shape index (κ1) is 14.2. The Morgan fingerprint density at radius 3 is 2.71 bits per heavy atom. The highest BCUT2D eigenvalue weighted by atomic mass is 16.6. The number of nitrogens with zero attached hydrogens (tertiary/aromatic N) is 2. The molecule has 0 atom stereocenters. The molecule has 0 bridgehead atoms. The van der Waals surface area contributed by atoms with Crippen molar-refractivity contribution in [2.24, 2.45) is 0 Å². The number of aromatic nitrogens is 2. The lowest BCUT2D eigenvalue weighted by Gasteiger charge is -2.05. The van der Waals surface area contributed by atoms with Crippen molar-refractivity contribution in [2.75, 3.05) is 5.32 Å². The van der Waals surface area contributed by atoms with Gasteiger partial charge in [-0.3, -0.25) is 20.0 Å². The van der Waals surface area contributed by atoms with Crippen molar-refractivity contribution >= 4 is 23.4 Å². The van der Waals surface area contributed by atoms with Gasteiger partial charge < -0.3 is 10.4 Å². The second-order valence-electron chi connectivity index (χ2n) is 4.13. The lowest BCUT2D eigenvalue weighted by atomic mass is 10.1. The minimum Gasteiger partial charge on any atom is -0.477 e. The lowest BCUT2D eigenvalue weighted by Crippen LogP contribution is -2.14. The van der Waals surface area contributed by atoms with Crippen LogP contribution in [-0.4, -0.2) is 32.1 Å². The fourth-order valence-electron chi connectivity index (χ4n) is 1.75. The molecule has 0 unspecified atom stereocenters. The topological polar surface area (TPSA) is 138 Å². The molecular formula is C12H10N4O5. The number of aromatic carboxylic acids is 1.